The van der Waals surface area contributed by atoms with Crippen LogP contribution in [0.25, 0.3) is 0 Å². The molecule has 58 heavy (non-hydrogen) atoms. The number of carbonyl (C=O) groups excluding carboxylic acids is 3. The van der Waals surface area contributed by atoms with Gasteiger partial charge in [0.2, 0.25) is 0 Å². The minimum Gasteiger partial charge on any atom is -0.462 e. The third-order valence-corrected chi connectivity index (χ3v) is 9.84. The van der Waals surface area contributed by atoms with E-state index in [4.69, 9.17) is 14.2 Å². The molecule has 0 fully saturated rings. The summed E-state index contributed by atoms with van der Waals surface area (Å²) < 4.78 is 16.6. The molecule has 0 spiro atoms. The zero-order valence-electron chi connectivity index (χ0n) is 36.0. The summed E-state index contributed by atoms with van der Waals surface area (Å²) in [6.45, 7) is 1.55. The van der Waals surface area contributed by atoms with Crippen LogP contribution in [0.2, 0.25) is 0 Å². The fourth-order valence-electron chi connectivity index (χ4n) is 6.46. The first-order chi connectivity index (χ1) is 28.4. The Hall–Kier alpha value is -4.23. The second-order valence-electron chi connectivity index (χ2n) is 15.5. The molecule has 0 heterocycles. The zero-order chi connectivity index (χ0) is 41.6. The number of carbonyl (C=O) groups is 3. The molecule has 0 saturated heterocycles. The van der Waals surface area contributed by atoms with Gasteiger partial charge in [0.15, 0.2) is 0 Å². The average Bonchev–Trinajstić information content (AvgIpc) is 3.22. The molecule has 0 aromatic heterocycles. The monoisotopic (exact) mass is 798 g/mol. The van der Waals surface area contributed by atoms with Crippen LogP contribution in [0.1, 0.15) is 152 Å². The maximum atomic E-state index is 12.6. The first-order valence-corrected chi connectivity index (χ1v) is 22.3. The Balaban J connectivity index is 1.47. The molecule has 0 atom stereocenters. The van der Waals surface area contributed by atoms with E-state index in [1.165, 1.54) is 64.2 Å². The first kappa shape index (κ1) is 49.9. The molecule has 0 radical (unpaired) electrons. The van der Waals surface area contributed by atoms with Crippen LogP contribution >= 0.6 is 0 Å². The largest absolute Gasteiger partial charge is 0.462 e. The summed E-state index contributed by atoms with van der Waals surface area (Å²) in [5.74, 6) is -0.439. The van der Waals surface area contributed by atoms with Gasteiger partial charge in [-0.2, -0.15) is 0 Å². The molecule has 0 unspecified atom stereocenters. The quantitative estimate of drug-likeness (QED) is 0.0297. The number of benzene rings is 2. The number of ether oxygens (including phenoxy) is 3. The molecule has 7 heteroatoms. The lowest BCUT2D eigenvalue weighted by atomic mass is 10.0. The number of esters is 3. The highest BCUT2D eigenvalue weighted by Gasteiger charge is 2.14. The van der Waals surface area contributed by atoms with Crippen LogP contribution in [0.5, 0.6) is 0 Å². The summed E-state index contributed by atoms with van der Waals surface area (Å²) in [5.41, 5.74) is 2.00. The summed E-state index contributed by atoms with van der Waals surface area (Å²) in [4.78, 5) is 38.5. The van der Waals surface area contributed by atoms with Crippen molar-refractivity contribution in [1.82, 2.24) is 4.90 Å². The van der Waals surface area contributed by atoms with Crippen LogP contribution in [0.4, 0.5) is 0 Å². The lowest BCUT2D eigenvalue weighted by Gasteiger charge is -2.18. The molecule has 0 N–H and O–H groups in total. The number of hydrogen-bond acceptors (Lipinski definition) is 7. The van der Waals surface area contributed by atoms with E-state index < -0.39 is 0 Å². The van der Waals surface area contributed by atoms with Gasteiger partial charge in [-0.25, -0.2) is 0 Å². The van der Waals surface area contributed by atoms with E-state index in [9.17, 15) is 14.4 Å². The topological polar surface area (TPSA) is 82.1 Å². The fraction of sp³-hybridized carbons (Fsp3) is 0.549. The van der Waals surface area contributed by atoms with Crippen molar-refractivity contribution in [3.05, 3.63) is 120 Å². The Morgan fingerprint density at radius 1 is 0.500 bits per heavy atom. The summed E-state index contributed by atoms with van der Waals surface area (Å²) >= 11 is 0. The van der Waals surface area contributed by atoms with E-state index in [1.54, 1.807) is 0 Å². The van der Waals surface area contributed by atoms with Gasteiger partial charge in [-0.05, 0) is 102 Å². The number of hydrogen-bond donors (Lipinski definition) is 0. The van der Waals surface area contributed by atoms with Crippen LogP contribution in [0.15, 0.2) is 109 Å². The van der Waals surface area contributed by atoms with E-state index >= 15 is 0 Å². The zero-order valence-corrected chi connectivity index (χ0v) is 36.0. The highest BCUT2D eigenvalue weighted by molar-refractivity contribution is 5.71. The van der Waals surface area contributed by atoms with Crippen molar-refractivity contribution in [3.63, 3.8) is 0 Å². The molecule has 7 nitrogen and oxygen atoms in total. The third kappa shape index (κ3) is 30.8. The summed E-state index contributed by atoms with van der Waals surface area (Å²) in [5, 5.41) is 0. The van der Waals surface area contributed by atoms with E-state index in [1.807, 2.05) is 99.1 Å². The van der Waals surface area contributed by atoms with Gasteiger partial charge in [0.25, 0.3) is 0 Å². The molecule has 2 rings (SSSR count). The molecule has 0 amide bonds. The van der Waals surface area contributed by atoms with E-state index in [0.29, 0.717) is 32.5 Å². The first-order valence-electron chi connectivity index (χ1n) is 22.3. The Labute approximate surface area is 352 Å². The normalized spacial score (nSPS) is 11.9. The molecule has 0 aliphatic rings. The third-order valence-electron chi connectivity index (χ3n) is 9.84. The van der Waals surface area contributed by atoms with E-state index in [2.05, 4.69) is 29.2 Å². The van der Waals surface area contributed by atoms with Crippen LogP contribution in [0, 0.1) is 0 Å². The minimum atomic E-state index is -0.199. The molecular formula is C51H75NO6. The van der Waals surface area contributed by atoms with Crippen molar-refractivity contribution in [2.24, 2.45) is 0 Å². The van der Waals surface area contributed by atoms with E-state index in [0.717, 1.165) is 75.5 Å². The van der Waals surface area contributed by atoms with Crippen molar-refractivity contribution in [1.29, 1.82) is 0 Å². The van der Waals surface area contributed by atoms with Crippen molar-refractivity contribution in [2.45, 2.75) is 161 Å². The minimum absolute atomic E-state index is 0.0402. The average molecular weight is 798 g/mol. The van der Waals surface area contributed by atoms with Gasteiger partial charge < -0.3 is 19.1 Å². The fourth-order valence-corrected chi connectivity index (χ4v) is 6.46. The molecule has 0 saturated carbocycles. The Morgan fingerprint density at radius 3 is 1.36 bits per heavy atom. The number of rotatable bonds is 35. The Morgan fingerprint density at radius 2 is 0.914 bits per heavy atom. The molecule has 2 aromatic rings. The number of nitrogens with zero attached hydrogens (tertiary/aromatic N) is 1. The van der Waals surface area contributed by atoms with Crippen LogP contribution in [0.3, 0.4) is 0 Å². The Kier molecular flexibility index (Phi) is 30.9. The highest BCUT2D eigenvalue weighted by Crippen LogP contribution is 2.18. The number of unbranched alkanes of at least 4 members (excludes halogenated alkanes) is 12. The SMILES string of the molecule is CN(C)CCCC(=O)OC(CCCCCCCC/C=C\C/C=C\CC(=O)OCc1ccccc1)CCCCCCCC/C=C\C/C=C\CC(=O)OCc1ccccc1. The molecule has 0 aliphatic heterocycles. The molecule has 0 bridgehead atoms. The van der Waals surface area contributed by atoms with Gasteiger partial charge in [0.1, 0.15) is 19.3 Å². The van der Waals surface area contributed by atoms with Gasteiger partial charge >= 0.3 is 17.9 Å². The molecule has 0 aliphatic carbocycles. The second-order valence-corrected chi connectivity index (χ2v) is 15.5. The van der Waals surface area contributed by atoms with Crippen LogP contribution in [-0.4, -0.2) is 49.6 Å². The smallest absolute Gasteiger partial charge is 0.309 e. The van der Waals surface area contributed by atoms with Crippen LogP contribution in [-0.2, 0) is 41.8 Å². The molecule has 2 aromatic carbocycles. The summed E-state index contributed by atoms with van der Waals surface area (Å²) in [6, 6.07) is 19.5. The van der Waals surface area contributed by atoms with Gasteiger partial charge in [0, 0.05) is 6.42 Å². The van der Waals surface area contributed by atoms with Gasteiger partial charge in [-0.1, -0.05) is 161 Å². The van der Waals surface area contributed by atoms with Crippen molar-refractivity contribution >= 4 is 17.9 Å². The predicted molar refractivity (Wildman–Crippen MR) is 239 cm³/mol. The highest BCUT2D eigenvalue weighted by atomic mass is 16.5. The van der Waals surface area contributed by atoms with Crippen LogP contribution < -0.4 is 0 Å². The number of allylic oxidation sites excluding steroid dienone is 6. The Bertz CT molecular complexity index is 1340. The molecule has 320 valence electrons. The second kappa shape index (κ2) is 35.9. The standard InChI is InChI=1S/C51H75NO6/c1-52(2)43-33-42-51(55)58-48(38-29-19-15-11-7-3-5-9-13-17-21-31-40-49(53)56-44-46-34-25-23-26-35-46)39-30-20-16-12-8-4-6-10-14-18-22-32-41-50(54)57-45-47-36-27-24-28-37-47/h9-10,13-14,21-28,31-32,34-37,48H,3-8,11-12,15-20,29-30,33,38-45H2,1-2H3/b13-9-,14-10-,31-21-,32-22-. The van der Waals surface area contributed by atoms with E-state index in [-0.39, 0.29) is 24.0 Å². The summed E-state index contributed by atoms with van der Waals surface area (Å²) in [6.07, 6.45) is 38.9. The van der Waals surface area contributed by atoms with Crippen molar-refractivity contribution in [2.75, 3.05) is 20.6 Å². The van der Waals surface area contributed by atoms with Crippen molar-refractivity contribution < 1.29 is 28.6 Å². The van der Waals surface area contributed by atoms with Gasteiger partial charge in [-0.3, -0.25) is 14.4 Å². The molecular weight excluding hydrogens is 723 g/mol. The lowest BCUT2D eigenvalue weighted by molar-refractivity contribution is -0.150. The maximum Gasteiger partial charge on any atom is 0.309 e. The maximum absolute atomic E-state index is 12.6. The van der Waals surface area contributed by atoms with Gasteiger partial charge in [0.05, 0.1) is 12.8 Å². The van der Waals surface area contributed by atoms with Gasteiger partial charge in [-0.15, -0.1) is 0 Å². The summed E-state index contributed by atoms with van der Waals surface area (Å²) in [7, 11) is 4.07. The lowest BCUT2D eigenvalue weighted by Crippen LogP contribution is -2.20. The predicted octanol–water partition coefficient (Wildman–Crippen LogP) is 12.8. The van der Waals surface area contributed by atoms with Crippen molar-refractivity contribution in [3.8, 4) is 0 Å².